The monoisotopic (exact) mass is 537 g/mol. The van der Waals surface area contributed by atoms with Gasteiger partial charge in [0.05, 0.1) is 11.6 Å². The van der Waals surface area contributed by atoms with E-state index in [0.29, 0.717) is 24.2 Å². The topological polar surface area (TPSA) is 182 Å². The van der Waals surface area contributed by atoms with Gasteiger partial charge in [0.15, 0.2) is 17.2 Å². The Labute approximate surface area is 224 Å². The Morgan fingerprint density at radius 3 is 2.36 bits per heavy atom. The molecule has 4 atom stereocenters. The minimum absolute atomic E-state index is 0.0366. The van der Waals surface area contributed by atoms with Gasteiger partial charge >= 0.3 is 0 Å². The Hall–Kier alpha value is -3.80. The van der Waals surface area contributed by atoms with Crippen molar-refractivity contribution in [3.05, 3.63) is 63.1 Å². The number of aliphatic hydroxyl groups is 3. The first-order valence-electron chi connectivity index (χ1n) is 12.7. The molecule has 0 radical (unpaired) electrons. The van der Waals surface area contributed by atoms with Crippen LogP contribution in [0.5, 0.6) is 5.75 Å². The molecule has 5 rings (SSSR count). The fourth-order valence-corrected chi connectivity index (χ4v) is 6.70. The number of ketones is 3. The number of allylic oxidation sites excluding steroid dienone is 1. The molecule has 11 heteroatoms. The first kappa shape index (κ1) is 26.8. The molecule has 0 saturated heterocycles. The quantitative estimate of drug-likeness (QED) is 0.204. The highest BCUT2D eigenvalue weighted by Crippen LogP contribution is 2.52. The van der Waals surface area contributed by atoms with Crippen LogP contribution in [0.2, 0.25) is 0 Å². The van der Waals surface area contributed by atoms with E-state index in [-0.39, 0.29) is 47.6 Å². The first-order valence-corrected chi connectivity index (χ1v) is 12.7. The number of aliphatic hydroxyl groups excluding tert-OH is 2. The van der Waals surface area contributed by atoms with Crippen LogP contribution in [-0.4, -0.2) is 92.3 Å². The highest BCUT2D eigenvalue weighted by molar-refractivity contribution is 6.25. The normalized spacial score (nSPS) is 28.6. The van der Waals surface area contributed by atoms with Crippen molar-refractivity contribution >= 4 is 23.3 Å². The number of carbonyl (C=O) groups excluding carboxylic acids is 4. The molecule has 11 nitrogen and oxygen atoms in total. The zero-order valence-electron chi connectivity index (χ0n) is 21.9. The van der Waals surface area contributed by atoms with Crippen LogP contribution in [0.4, 0.5) is 0 Å². The molecule has 39 heavy (non-hydrogen) atoms. The summed E-state index contributed by atoms with van der Waals surface area (Å²) in [4.78, 5) is 55.7. The van der Waals surface area contributed by atoms with Crippen molar-refractivity contribution in [1.29, 1.82) is 0 Å². The van der Waals surface area contributed by atoms with Crippen molar-refractivity contribution in [2.75, 3.05) is 27.2 Å². The second-order valence-corrected chi connectivity index (χ2v) is 11.0. The molecule has 3 aliphatic carbocycles. The largest absolute Gasteiger partial charge is 0.510 e. The number of aromatic hydroxyl groups is 1. The van der Waals surface area contributed by atoms with Gasteiger partial charge in [-0.3, -0.25) is 29.0 Å². The number of phenolic OH excluding ortho intramolecular Hbond substituents is 1. The molecule has 4 aliphatic rings. The highest BCUT2D eigenvalue weighted by atomic mass is 16.3. The zero-order valence-corrected chi connectivity index (χ0v) is 21.9. The van der Waals surface area contributed by atoms with Gasteiger partial charge in [0.2, 0.25) is 5.78 Å². The molecular formula is C28H31N3O8. The van der Waals surface area contributed by atoms with E-state index in [1.165, 1.54) is 11.8 Å². The molecule has 0 spiro atoms. The maximum atomic E-state index is 14.0. The van der Waals surface area contributed by atoms with Crippen molar-refractivity contribution < 1.29 is 39.6 Å². The van der Waals surface area contributed by atoms with Crippen LogP contribution in [0, 0.1) is 11.8 Å². The van der Waals surface area contributed by atoms with Crippen molar-refractivity contribution in [3.8, 4) is 5.75 Å². The van der Waals surface area contributed by atoms with Crippen LogP contribution in [0.1, 0.15) is 45.2 Å². The minimum atomic E-state index is -2.71. The number of amides is 1. The summed E-state index contributed by atoms with van der Waals surface area (Å²) in [5.41, 5.74) is 2.38. The number of phenols is 1. The van der Waals surface area contributed by atoms with Crippen LogP contribution in [0.3, 0.4) is 0 Å². The van der Waals surface area contributed by atoms with Crippen molar-refractivity contribution in [3.63, 3.8) is 0 Å². The molecule has 0 fully saturated rings. The number of fused-ring (bicyclic) bond motifs is 3. The van der Waals surface area contributed by atoms with Gasteiger partial charge in [-0.1, -0.05) is 12.2 Å². The summed E-state index contributed by atoms with van der Waals surface area (Å²) in [6.07, 6.45) is 3.97. The van der Waals surface area contributed by atoms with Crippen LogP contribution < -0.4 is 5.73 Å². The van der Waals surface area contributed by atoms with E-state index in [2.05, 4.69) is 0 Å². The predicted octanol–water partition coefficient (Wildman–Crippen LogP) is 0.695. The highest BCUT2D eigenvalue weighted by Gasteiger charge is 2.63. The third-order valence-corrected chi connectivity index (χ3v) is 8.47. The second kappa shape index (κ2) is 9.15. The number of nitrogens with two attached hydrogens (primary N) is 1. The van der Waals surface area contributed by atoms with E-state index in [0.717, 1.165) is 0 Å². The van der Waals surface area contributed by atoms with Crippen LogP contribution in [-0.2, 0) is 22.6 Å². The molecule has 1 aromatic rings. The van der Waals surface area contributed by atoms with Crippen molar-refractivity contribution in [2.24, 2.45) is 17.6 Å². The van der Waals surface area contributed by atoms with Gasteiger partial charge in [-0.05, 0) is 51.4 Å². The number of Topliss-reactive ketones (excluding diaryl/α,β-unsaturated/α-hetero) is 3. The molecule has 0 unspecified atom stereocenters. The summed E-state index contributed by atoms with van der Waals surface area (Å²) < 4.78 is 0. The smallest absolute Gasteiger partial charge is 0.255 e. The molecule has 0 bridgehead atoms. The van der Waals surface area contributed by atoms with Gasteiger partial charge in [-0.25, -0.2) is 0 Å². The predicted molar refractivity (Wildman–Crippen MR) is 138 cm³/mol. The Bertz CT molecular complexity index is 1430. The average molecular weight is 538 g/mol. The van der Waals surface area contributed by atoms with E-state index in [4.69, 9.17) is 5.73 Å². The number of primary amides is 1. The molecule has 0 saturated carbocycles. The average Bonchev–Trinajstić information content (AvgIpc) is 3.35. The Morgan fingerprint density at radius 2 is 1.79 bits per heavy atom. The lowest BCUT2D eigenvalue weighted by atomic mass is 9.58. The van der Waals surface area contributed by atoms with E-state index in [1.807, 2.05) is 17.1 Å². The maximum Gasteiger partial charge on any atom is 0.255 e. The molecule has 0 aromatic heterocycles. The maximum absolute atomic E-state index is 14.0. The summed E-state index contributed by atoms with van der Waals surface area (Å²) in [5, 5.41) is 45.2. The minimum Gasteiger partial charge on any atom is -0.510 e. The van der Waals surface area contributed by atoms with Gasteiger partial charge < -0.3 is 26.2 Å². The molecule has 1 heterocycles. The third-order valence-electron chi connectivity index (χ3n) is 8.47. The Kier molecular flexibility index (Phi) is 6.28. The summed E-state index contributed by atoms with van der Waals surface area (Å²) >= 11 is 0. The fraction of sp³-hybridized carbons (Fsp3) is 0.429. The number of carbonyl (C=O) groups is 4. The third kappa shape index (κ3) is 3.75. The van der Waals surface area contributed by atoms with Crippen LogP contribution in [0.25, 0.3) is 0 Å². The number of hydrogen-bond acceptors (Lipinski definition) is 10. The summed E-state index contributed by atoms with van der Waals surface area (Å²) in [6.45, 7) is 2.92. The fourth-order valence-electron chi connectivity index (χ4n) is 6.70. The Morgan fingerprint density at radius 1 is 1.15 bits per heavy atom. The lowest BCUT2D eigenvalue weighted by Crippen LogP contribution is -2.63. The number of likely N-dealkylation sites (N-methyl/N-ethyl adjacent to an activating group) is 1. The summed E-state index contributed by atoms with van der Waals surface area (Å²) in [6, 6.07) is 0.517. The van der Waals surface area contributed by atoms with E-state index in [1.54, 1.807) is 20.2 Å². The number of hydrogen-bond donors (Lipinski definition) is 5. The number of rotatable bonds is 5. The Balaban J connectivity index is 1.70. The lowest BCUT2D eigenvalue weighted by molar-refractivity contribution is -0.148. The number of nitrogens with zero attached hydrogens (tertiary/aromatic N) is 2. The van der Waals surface area contributed by atoms with E-state index in [9.17, 15) is 39.6 Å². The second-order valence-electron chi connectivity index (χ2n) is 11.0. The van der Waals surface area contributed by atoms with Crippen LogP contribution in [0.15, 0.2) is 40.9 Å². The molecule has 1 aliphatic heterocycles. The van der Waals surface area contributed by atoms with Gasteiger partial charge in [0.25, 0.3) is 5.91 Å². The molecule has 6 N–H and O–H groups in total. The SMILES string of the molecule is CC(=O)c1cc(CN2CC=CC2)c(O)c2c1C[C@H]1C[C@H]3[C@H](N(C)C)C(O)=C(C(N)=O)C(=O)[C@@]3(O)C(O)=C1C2=O. The van der Waals surface area contributed by atoms with Gasteiger partial charge in [0, 0.05) is 42.3 Å². The van der Waals surface area contributed by atoms with E-state index >= 15 is 0 Å². The molecule has 1 aromatic carbocycles. The first-order chi connectivity index (χ1) is 18.3. The van der Waals surface area contributed by atoms with Crippen molar-refractivity contribution in [2.45, 2.75) is 38.0 Å². The molecular weight excluding hydrogens is 506 g/mol. The van der Waals surface area contributed by atoms with Gasteiger partial charge in [0.1, 0.15) is 22.8 Å². The molecule has 206 valence electrons. The zero-order chi connectivity index (χ0) is 28.5. The summed E-state index contributed by atoms with van der Waals surface area (Å²) in [7, 11) is 3.13. The van der Waals surface area contributed by atoms with Gasteiger partial charge in [-0.15, -0.1) is 0 Å². The number of benzene rings is 1. The van der Waals surface area contributed by atoms with E-state index < -0.39 is 58.0 Å². The summed E-state index contributed by atoms with van der Waals surface area (Å²) in [5.74, 6) is -7.41. The molecule has 1 amide bonds. The standard InChI is InChI=1S/C28H31N3O8/c1-12(32)15-9-14(11-31-6-4-5-7-31)22(33)19-16(15)8-13-10-17-21(30(2)3)24(35)20(27(29)38)26(37)28(17,39)25(36)18(13)23(19)34/h4-5,9,13,17,21,33,35-36,39H,6-8,10-11H2,1-3H3,(H2,29,38)/t13-,17-,21-,28-/m0/s1. The lowest BCUT2D eigenvalue weighted by Gasteiger charge is -2.50. The van der Waals surface area contributed by atoms with Crippen LogP contribution >= 0.6 is 0 Å². The van der Waals surface area contributed by atoms with Gasteiger partial charge in [-0.2, -0.15) is 0 Å². The van der Waals surface area contributed by atoms with Crippen molar-refractivity contribution in [1.82, 2.24) is 9.80 Å².